The monoisotopic (exact) mass is 354 g/mol. The number of nitrogens with one attached hydrogen (secondary N) is 1. The van der Waals surface area contributed by atoms with Crippen LogP contribution >= 0.6 is 0 Å². The summed E-state index contributed by atoms with van der Waals surface area (Å²) in [6.45, 7) is 0. The van der Waals surface area contributed by atoms with Gasteiger partial charge in [0.1, 0.15) is 5.82 Å². The molecular formula is C20H19FN2OS. The Morgan fingerprint density at radius 2 is 1.96 bits per heavy atom. The van der Waals surface area contributed by atoms with E-state index < -0.39 is 10.8 Å². The van der Waals surface area contributed by atoms with E-state index in [0.717, 1.165) is 18.2 Å². The highest BCUT2D eigenvalue weighted by molar-refractivity contribution is 7.85. The average Bonchev–Trinajstić information content (AvgIpc) is 3.14. The Kier molecular flexibility index (Phi) is 3.37. The molecule has 128 valence electrons. The molecule has 2 aliphatic heterocycles. The normalized spacial score (nSPS) is 23.0. The van der Waals surface area contributed by atoms with E-state index in [1.54, 1.807) is 0 Å². The Bertz CT molecular complexity index is 1010. The second-order valence-electron chi connectivity index (χ2n) is 7.00. The van der Waals surface area contributed by atoms with Crippen LogP contribution in [0.25, 0.3) is 10.9 Å². The number of benzene rings is 2. The zero-order chi connectivity index (χ0) is 17.1. The van der Waals surface area contributed by atoms with Crippen molar-refractivity contribution in [2.24, 2.45) is 7.05 Å². The highest BCUT2D eigenvalue weighted by Crippen LogP contribution is 2.42. The Morgan fingerprint density at radius 1 is 1.16 bits per heavy atom. The first-order chi connectivity index (χ1) is 12.1. The highest BCUT2D eigenvalue weighted by Gasteiger charge is 2.36. The molecule has 1 N–H and O–H groups in total. The maximum atomic E-state index is 14.9. The van der Waals surface area contributed by atoms with E-state index in [2.05, 4.69) is 5.32 Å². The number of hydrogen-bond acceptors (Lipinski definition) is 2. The van der Waals surface area contributed by atoms with Gasteiger partial charge in [-0.1, -0.05) is 18.2 Å². The molecule has 2 aromatic carbocycles. The first-order valence-corrected chi connectivity index (χ1v) is 9.82. The molecule has 5 heteroatoms. The smallest absolute Gasteiger partial charge is 0.148 e. The Balaban J connectivity index is 1.73. The number of fused-ring (bicyclic) bond motifs is 6. The summed E-state index contributed by atoms with van der Waals surface area (Å²) in [6.07, 6.45) is 3.19. The Labute approximate surface area is 148 Å². The van der Waals surface area contributed by atoms with E-state index >= 15 is 0 Å². The third-order valence-electron chi connectivity index (χ3n) is 5.58. The van der Waals surface area contributed by atoms with Crippen LogP contribution in [0.4, 0.5) is 4.39 Å². The molecule has 0 spiro atoms. The Hall–Kier alpha value is -1.98. The van der Waals surface area contributed by atoms with E-state index in [1.807, 2.05) is 48.0 Å². The lowest BCUT2D eigenvalue weighted by molar-refractivity contribution is 0.503. The van der Waals surface area contributed by atoms with Crippen LogP contribution in [0.3, 0.4) is 0 Å². The van der Waals surface area contributed by atoms with Gasteiger partial charge in [0.25, 0.3) is 0 Å². The summed E-state index contributed by atoms with van der Waals surface area (Å²) in [4.78, 5) is 1.23. The minimum Gasteiger partial charge on any atom is -0.345 e. The molecule has 3 atom stereocenters. The lowest BCUT2D eigenvalue weighted by atomic mass is 9.99. The summed E-state index contributed by atoms with van der Waals surface area (Å²) in [5.41, 5.74) is 3.06. The van der Waals surface area contributed by atoms with Crippen molar-refractivity contribution in [3.8, 4) is 0 Å². The molecule has 1 saturated heterocycles. The molecule has 3 aromatic rings. The molecule has 25 heavy (non-hydrogen) atoms. The zero-order valence-corrected chi connectivity index (χ0v) is 14.8. The summed E-state index contributed by atoms with van der Waals surface area (Å²) < 4.78 is 29.8. The molecule has 0 aliphatic carbocycles. The fraction of sp³-hybridized carbons (Fsp3) is 0.300. The summed E-state index contributed by atoms with van der Waals surface area (Å²) in [5.74, 6) is -0.287. The fourth-order valence-corrected chi connectivity index (χ4v) is 5.57. The maximum Gasteiger partial charge on any atom is 0.148 e. The summed E-state index contributed by atoms with van der Waals surface area (Å²) in [6, 6.07) is 13.4. The fourth-order valence-electron chi connectivity index (χ4n) is 4.46. The first kappa shape index (κ1) is 15.3. The van der Waals surface area contributed by atoms with Crippen molar-refractivity contribution in [3.05, 3.63) is 59.5 Å². The average molecular weight is 354 g/mol. The number of aryl methyl sites for hydroxylation is 1. The molecule has 3 heterocycles. The molecule has 0 radical (unpaired) electrons. The zero-order valence-electron chi connectivity index (χ0n) is 14.0. The molecule has 1 aromatic heterocycles. The largest absolute Gasteiger partial charge is 0.345 e. The topological polar surface area (TPSA) is 34.0 Å². The third-order valence-corrected chi connectivity index (χ3v) is 6.94. The number of halogens is 1. The number of nitrogens with zero attached hydrogens (tertiary/aromatic N) is 1. The molecule has 5 rings (SSSR count). The van der Waals surface area contributed by atoms with Crippen molar-refractivity contribution in [3.63, 3.8) is 0 Å². The van der Waals surface area contributed by atoms with Crippen LogP contribution in [0.2, 0.25) is 0 Å². The van der Waals surface area contributed by atoms with E-state index in [9.17, 15) is 8.60 Å². The quantitative estimate of drug-likeness (QED) is 0.759. The molecule has 3 unspecified atom stereocenters. The van der Waals surface area contributed by atoms with Gasteiger partial charge in [-0.25, -0.2) is 8.60 Å². The summed E-state index contributed by atoms with van der Waals surface area (Å²) >= 11 is 0. The van der Waals surface area contributed by atoms with E-state index in [-0.39, 0.29) is 11.9 Å². The summed E-state index contributed by atoms with van der Waals surface area (Å²) in [5, 5.41) is 4.55. The number of rotatable bonds is 2. The van der Waals surface area contributed by atoms with Crippen LogP contribution in [0, 0.1) is 5.82 Å². The molecule has 2 aliphatic rings. The van der Waals surface area contributed by atoms with Gasteiger partial charge in [0.05, 0.1) is 16.3 Å². The van der Waals surface area contributed by atoms with Crippen molar-refractivity contribution in [1.82, 2.24) is 9.88 Å². The van der Waals surface area contributed by atoms with Gasteiger partial charge in [-0.2, -0.15) is 0 Å². The van der Waals surface area contributed by atoms with Crippen LogP contribution in [-0.4, -0.2) is 14.8 Å². The van der Waals surface area contributed by atoms with Crippen molar-refractivity contribution in [2.75, 3.05) is 0 Å². The second kappa shape index (κ2) is 5.51. The molecule has 1 fully saturated rings. The van der Waals surface area contributed by atoms with Gasteiger partial charge in [-0.05, 0) is 42.7 Å². The second-order valence-corrected chi connectivity index (χ2v) is 8.48. The van der Waals surface area contributed by atoms with E-state index in [4.69, 9.17) is 0 Å². The van der Waals surface area contributed by atoms with Gasteiger partial charge in [-0.3, -0.25) is 0 Å². The van der Waals surface area contributed by atoms with Gasteiger partial charge in [-0.15, -0.1) is 0 Å². The van der Waals surface area contributed by atoms with Gasteiger partial charge in [0.2, 0.25) is 0 Å². The van der Waals surface area contributed by atoms with E-state index in [0.29, 0.717) is 21.3 Å². The van der Waals surface area contributed by atoms with Crippen molar-refractivity contribution in [2.45, 2.75) is 41.1 Å². The Morgan fingerprint density at radius 3 is 2.76 bits per heavy atom. The lowest BCUT2D eigenvalue weighted by Gasteiger charge is -2.23. The van der Waals surface area contributed by atoms with Crippen molar-refractivity contribution in [1.29, 1.82) is 0 Å². The van der Waals surface area contributed by atoms with Gasteiger partial charge < -0.3 is 9.88 Å². The predicted molar refractivity (Wildman–Crippen MR) is 96.6 cm³/mol. The maximum absolute atomic E-state index is 14.9. The van der Waals surface area contributed by atoms with Gasteiger partial charge in [0, 0.05) is 46.4 Å². The minimum atomic E-state index is -1.38. The van der Waals surface area contributed by atoms with Crippen LogP contribution in [0.15, 0.2) is 52.3 Å². The van der Waals surface area contributed by atoms with Crippen LogP contribution in [0.1, 0.15) is 30.1 Å². The van der Waals surface area contributed by atoms with Crippen LogP contribution in [-0.2, 0) is 24.3 Å². The van der Waals surface area contributed by atoms with Crippen molar-refractivity contribution < 1.29 is 8.60 Å². The van der Waals surface area contributed by atoms with Crippen LogP contribution in [0.5, 0.6) is 0 Å². The third kappa shape index (κ3) is 2.22. The molecule has 3 nitrogen and oxygen atoms in total. The van der Waals surface area contributed by atoms with Gasteiger partial charge in [0.15, 0.2) is 0 Å². The first-order valence-electron chi connectivity index (χ1n) is 8.67. The van der Waals surface area contributed by atoms with E-state index in [1.165, 1.54) is 23.7 Å². The standard InChI is InChI=1S/C20H19FN2OS/c1-23-18-9-12-7-8-17(22-12)19(18)15-10-14(11-16(21)20(15)23)25(24)13-5-3-2-4-6-13/h2-6,10-12,17,22H,7-9H2,1H3. The SMILES string of the molecule is Cn1c2c(c3cc(S(=O)c4ccccc4)cc(F)c31)C1CCC(C2)N1. The number of hydrogen-bond donors (Lipinski definition) is 1. The van der Waals surface area contributed by atoms with Gasteiger partial charge >= 0.3 is 0 Å². The van der Waals surface area contributed by atoms with Crippen molar-refractivity contribution >= 4 is 21.7 Å². The summed E-state index contributed by atoms with van der Waals surface area (Å²) in [7, 11) is 0.570. The highest BCUT2D eigenvalue weighted by atomic mass is 32.2. The molecule has 2 bridgehead atoms. The van der Waals surface area contributed by atoms with Crippen LogP contribution < -0.4 is 5.32 Å². The molecular weight excluding hydrogens is 335 g/mol. The minimum absolute atomic E-state index is 0.287. The number of aromatic nitrogens is 1. The lowest BCUT2D eigenvalue weighted by Crippen LogP contribution is -2.32. The molecule has 0 amide bonds. The molecule has 0 saturated carbocycles. The predicted octanol–water partition coefficient (Wildman–Crippen LogP) is 3.83.